The summed E-state index contributed by atoms with van der Waals surface area (Å²) in [5.41, 5.74) is 4.80. The fourth-order valence-electron chi connectivity index (χ4n) is 2.65. The summed E-state index contributed by atoms with van der Waals surface area (Å²) in [6.45, 7) is 1.50. The van der Waals surface area contributed by atoms with Gasteiger partial charge in [0.15, 0.2) is 5.69 Å². The van der Waals surface area contributed by atoms with E-state index in [1.54, 1.807) is 0 Å². The first kappa shape index (κ1) is 23.9. The summed E-state index contributed by atoms with van der Waals surface area (Å²) in [7, 11) is -9.14. The molecule has 5 N–H and O–H groups in total. The van der Waals surface area contributed by atoms with Gasteiger partial charge in [-0.3, -0.25) is 19.0 Å². The first-order valence-corrected chi connectivity index (χ1v) is 11.9. The van der Waals surface area contributed by atoms with Gasteiger partial charge in [-0.05, 0) is 37.3 Å². The SMILES string of the molecule is Cc1[nH]n(-c2cc(Cl)c(S(=O)(=O)O)cc2Cl)c(=O)c1N=Nc1ccc(S(=O)(=O)O)c(N)c1. The Morgan fingerprint density at radius 3 is 2.16 bits per heavy atom. The summed E-state index contributed by atoms with van der Waals surface area (Å²) < 4.78 is 64.3. The molecule has 0 saturated heterocycles. The van der Waals surface area contributed by atoms with Gasteiger partial charge in [0.1, 0.15) is 9.79 Å². The van der Waals surface area contributed by atoms with Gasteiger partial charge < -0.3 is 5.73 Å². The first-order valence-electron chi connectivity index (χ1n) is 8.27. The van der Waals surface area contributed by atoms with E-state index in [-0.39, 0.29) is 38.5 Å². The number of aryl methyl sites for hydroxylation is 1. The maximum absolute atomic E-state index is 12.8. The van der Waals surface area contributed by atoms with E-state index in [0.717, 1.165) is 28.9 Å². The van der Waals surface area contributed by atoms with Gasteiger partial charge in [-0.25, -0.2) is 4.68 Å². The molecule has 0 aliphatic heterocycles. The molecule has 0 spiro atoms. The zero-order chi connectivity index (χ0) is 24.0. The lowest BCUT2D eigenvalue weighted by atomic mass is 10.3. The fraction of sp³-hybridized carbons (Fsp3) is 0.0625. The zero-order valence-corrected chi connectivity index (χ0v) is 19.0. The van der Waals surface area contributed by atoms with Gasteiger partial charge in [0.05, 0.1) is 32.8 Å². The largest absolute Gasteiger partial charge is 0.398 e. The zero-order valence-electron chi connectivity index (χ0n) is 15.8. The van der Waals surface area contributed by atoms with Crippen molar-refractivity contribution in [2.24, 2.45) is 10.2 Å². The highest BCUT2D eigenvalue weighted by Crippen LogP contribution is 2.31. The van der Waals surface area contributed by atoms with Crippen LogP contribution in [0.2, 0.25) is 10.0 Å². The van der Waals surface area contributed by atoms with Crippen molar-refractivity contribution in [3.63, 3.8) is 0 Å². The molecule has 3 rings (SSSR count). The van der Waals surface area contributed by atoms with Crippen LogP contribution >= 0.6 is 23.2 Å². The van der Waals surface area contributed by atoms with E-state index in [2.05, 4.69) is 15.3 Å². The number of benzene rings is 2. The quantitative estimate of drug-likeness (QED) is 0.222. The Kier molecular flexibility index (Phi) is 6.21. The van der Waals surface area contributed by atoms with Crippen LogP contribution in [0.5, 0.6) is 0 Å². The predicted molar refractivity (Wildman–Crippen MR) is 116 cm³/mol. The van der Waals surface area contributed by atoms with Gasteiger partial charge in [-0.2, -0.15) is 21.9 Å². The second kappa shape index (κ2) is 8.31. The highest BCUT2D eigenvalue weighted by Gasteiger charge is 2.21. The van der Waals surface area contributed by atoms with E-state index >= 15 is 0 Å². The molecule has 0 bridgehead atoms. The number of rotatable bonds is 5. The van der Waals surface area contributed by atoms with Gasteiger partial charge in [0, 0.05) is 0 Å². The number of H-pyrrole nitrogens is 1. The predicted octanol–water partition coefficient (Wildman–Crippen LogP) is 3.27. The minimum atomic E-state index is -4.63. The number of hydrogen-bond acceptors (Lipinski definition) is 8. The minimum Gasteiger partial charge on any atom is -0.398 e. The third kappa shape index (κ3) is 4.69. The molecule has 16 heteroatoms. The van der Waals surface area contributed by atoms with Gasteiger partial charge in [0.2, 0.25) is 0 Å². The number of nitrogens with two attached hydrogens (primary N) is 1. The number of aromatic nitrogens is 2. The normalized spacial score (nSPS) is 12.5. The van der Waals surface area contributed by atoms with Crippen LogP contribution in [-0.2, 0) is 20.2 Å². The third-order valence-electron chi connectivity index (χ3n) is 4.10. The van der Waals surface area contributed by atoms with Crippen molar-refractivity contribution in [1.29, 1.82) is 0 Å². The van der Waals surface area contributed by atoms with Crippen LogP contribution < -0.4 is 11.3 Å². The van der Waals surface area contributed by atoms with Crippen LogP contribution in [0.1, 0.15) is 5.69 Å². The smallest absolute Gasteiger partial charge is 0.299 e. The number of nitrogen functional groups attached to an aromatic ring is 1. The molecule has 0 saturated carbocycles. The number of halogens is 2. The van der Waals surface area contributed by atoms with Crippen molar-refractivity contribution in [2.45, 2.75) is 16.7 Å². The van der Waals surface area contributed by atoms with Crippen LogP contribution in [0.15, 0.2) is 55.1 Å². The number of nitrogens with zero attached hydrogens (tertiary/aromatic N) is 3. The van der Waals surface area contributed by atoms with E-state index in [4.69, 9.17) is 33.5 Å². The second-order valence-corrected chi connectivity index (χ2v) is 9.93. The monoisotopic (exact) mass is 521 g/mol. The van der Waals surface area contributed by atoms with Gasteiger partial charge in [-0.15, -0.1) is 5.11 Å². The molecule has 0 unspecified atom stereocenters. The highest BCUT2D eigenvalue weighted by atomic mass is 35.5. The molecule has 0 aliphatic rings. The Hall–Kier alpha value is -2.75. The Labute approximate surface area is 190 Å². The molecule has 12 nitrogen and oxygen atoms in total. The van der Waals surface area contributed by atoms with Crippen molar-refractivity contribution in [2.75, 3.05) is 5.73 Å². The molecule has 0 fully saturated rings. The lowest BCUT2D eigenvalue weighted by Crippen LogP contribution is -2.15. The summed E-state index contributed by atoms with van der Waals surface area (Å²) in [6, 6.07) is 5.34. The van der Waals surface area contributed by atoms with Crippen molar-refractivity contribution in [3.8, 4) is 5.69 Å². The van der Waals surface area contributed by atoms with Crippen molar-refractivity contribution in [1.82, 2.24) is 9.78 Å². The third-order valence-corrected chi connectivity index (χ3v) is 6.65. The molecule has 2 aromatic carbocycles. The standard InChI is InChI=1S/C16H13Cl2N5O7S2/c1-7-15(21-20-8-2-3-13(11(19)4-8)31(25,26)27)16(24)23(22-7)12-5-10(18)14(6-9(12)17)32(28,29)30/h2-6,22H,19H2,1H3,(H,25,26,27)(H,28,29,30). The Morgan fingerprint density at radius 2 is 1.59 bits per heavy atom. The van der Waals surface area contributed by atoms with E-state index in [1.807, 2.05) is 0 Å². The first-order chi connectivity index (χ1) is 14.7. The molecule has 1 aromatic heterocycles. The van der Waals surface area contributed by atoms with Gasteiger partial charge >= 0.3 is 0 Å². The van der Waals surface area contributed by atoms with Crippen LogP contribution in [0.3, 0.4) is 0 Å². The average molecular weight is 522 g/mol. The van der Waals surface area contributed by atoms with E-state index < -0.39 is 35.6 Å². The van der Waals surface area contributed by atoms with Crippen LogP contribution in [0.4, 0.5) is 17.1 Å². The fourth-order valence-corrected chi connectivity index (χ4v) is 4.59. The Balaban J connectivity index is 2.04. The van der Waals surface area contributed by atoms with E-state index in [0.29, 0.717) is 0 Å². The molecular weight excluding hydrogens is 509 g/mol. The topological polar surface area (TPSA) is 197 Å². The summed E-state index contributed by atoms with van der Waals surface area (Å²) in [6.07, 6.45) is 0. The number of azo groups is 1. The Bertz CT molecular complexity index is 1540. The van der Waals surface area contributed by atoms with Crippen molar-refractivity contribution >= 4 is 60.5 Å². The molecule has 0 atom stereocenters. The highest BCUT2D eigenvalue weighted by molar-refractivity contribution is 7.86. The molecule has 170 valence electrons. The molecule has 32 heavy (non-hydrogen) atoms. The van der Waals surface area contributed by atoms with Crippen LogP contribution in [0.25, 0.3) is 5.69 Å². The average Bonchev–Trinajstić information content (AvgIpc) is 2.93. The van der Waals surface area contributed by atoms with Gasteiger partial charge in [-0.1, -0.05) is 23.2 Å². The minimum absolute atomic E-state index is 0.0135. The second-order valence-electron chi connectivity index (χ2n) is 6.33. The Morgan fingerprint density at radius 1 is 0.969 bits per heavy atom. The number of nitrogens with one attached hydrogen (secondary N) is 1. The van der Waals surface area contributed by atoms with Crippen molar-refractivity contribution < 1.29 is 25.9 Å². The van der Waals surface area contributed by atoms with Crippen molar-refractivity contribution in [3.05, 3.63) is 56.4 Å². The number of aromatic amines is 1. The maximum atomic E-state index is 12.8. The number of hydrogen-bond donors (Lipinski definition) is 4. The van der Waals surface area contributed by atoms with E-state index in [1.165, 1.54) is 13.0 Å². The lowest BCUT2D eigenvalue weighted by molar-refractivity contribution is 0.481. The summed E-state index contributed by atoms with van der Waals surface area (Å²) in [5.74, 6) is 0. The molecular formula is C16H13Cl2N5O7S2. The molecule has 0 aliphatic carbocycles. The summed E-state index contributed by atoms with van der Waals surface area (Å²) in [5, 5.41) is 9.80. The van der Waals surface area contributed by atoms with Crippen LogP contribution in [0, 0.1) is 6.92 Å². The maximum Gasteiger partial charge on any atom is 0.299 e. The van der Waals surface area contributed by atoms with E-state index in [9.17, 15) is 26.2 Å². The summed E-state index contributed by atoms with van der Waals surface area (Å²) >= 11 is 12.0. The molecule has 0 radical (unpaired) electrons. The number of anilines is 1. The lowest BCUT2D eigenvalue weighted by Gasteiger charge is -2.08. The molecule has 1 heterocycles. The van der Waals surface area contributed by atoms with Crippen LogP contribution in [-0.4, -0.2) is 35.7 Å². The summed E-state index contributed by atoms with van der Waals surface area (Å²) in [4.78, 5) is 11.6. The molecule has 3 aromatic rings. The molecule has 0 amide bonds. The van der Waals surface area contributed by atoms with Gasteiger partial charge in [0.25, 0.3) is 25.8 Å².